The van der Waals surface area contributed by atoms with Crippen LogP contribution in [0, 0.1) is 0 Å². The van der Waals surface area contributed by atoms with E-state index < -0.39 is 5.60 Å². The highest BCUT2D eigenvalue weighted by atomic mass is 16.5. The van der Waals surface area contributed by atoms with Gasteiger partial charge in [-0.05, 0) is 18.9 Å². The Hall–Kier alpha value is -0.870. The fourth-order valence-electron chi connectivity index (χ4n) is 2.77. The Balaban J connectivity index is 1.95. The van der Waals surface area contributed by atoms with Gasteiger partial charge >= 0.3 is 0 Å². The van der Waals surface area contributed by atoms with E-state index in [1.54, 1.807) is 7.11 Å². The summed E-state index contributed by atoms with van der Waals surface area (Å²) in [4.78, 5) is 0. The molecule has 0 atom stereocenters. The van der Waals surface area contributed by atoms with Gasteiger partial charge in [-0.25, -0.2) is 0 Å². The van der Waals surface area contributed by atoms with Crippen molar-refractivity contribution in [1.82, 2.24) is 9.78 Å². The lowest BCUT2D eigenvalue weighted by Gasteiger charge is -2.42. The lowest BCUT2D eigenvalue weighted by Crippen LogP contribution is -2.49. The van der Waals surface area contributed by atoms with Crippen molar-refractivity contribution in [2.45, 2.75) is 63.7 Å². The summed E-state index contributed by atoms with van der Waals surface area (Å²) >= 11 is 0. The van der Waals surface area contributed by atoms with Gasteiger partial charge in [-0.1, -0.05) is 13.8 Å². The summed E-state index contributed by atoms with van der Waals surface area (Å²) < 4.78 is 7.24. The van der Waals surface area contributed by atoms with Gasteiger partial charge in [-0.3, -0.25) is 4.68 Å². The highest BCUT2D eigenvalue weighted by Crippen LogP contribution is 2.36. The molecule has 102 valence electrons. The van der Waals surface area contributed by atoms with Crippen LogP contribution >= 0.6 is 0 Å². The number of aromatic nitrogens is 2. The maximum atomic E-state index is 10.3. The van der Waals surface area contributed by atoms with Crippen molar-refractivity contribution in [3.63, 3.8) is 0 Å². The second kappa shape index (κ2) is 5.41. The summed E-state index contributed by atoms with van der Waals surface area (Å²) in [5.41, 5.74) is 0.382. The van der Waals surface area contributed by atoms with E-state index in [-0.39, 0.29) is 6.10 Å². The summed E-state index contributed by atoms with van der Waals surface area (Å²) in [5.74, 6) is 0. The molecule has 0 unspecified atom stereocenters. The molecule has 0 amide bonds. The molecule has 4 heteroatoms. The van der Waals surface area contributed by atoms with Crippen molar-refractivity contribution < 1.29 is 9.84 Å². The van der Waals surface area contributed by atoms with Crippen molar-refractivity contribution in [3.05, 3.63) is 18.0 Å². The molecule has 2 rings (SSSR count). The third kappa shape index (κ3) is 2.75. The normalized spacial score (nSPS) is 27.5. The fourth-order valence-corrected chi connectivity index (χ4v) is 2.77. The van der Waals surface area contributed by atoms with Crippen molar-refractivity contribution in [3.8, 4) is 0 Å². The molecule has 4 nitrogen and oxygen atoms in total. The van der Waals surface area contributed by atoms with Crippen LogP contribution in [0.5, 0.6) is 0 Å². The zero-order chi connectivity index (χ0) is 13.2. The van der Waals surface area contributed by atoms with Crippen LogP contribution in [-0.4, -0.2) is 33.7 Å². The Labute approximate surface area is 109 Å². The number of hydrogen-bond acceptors (Lipinski definition) is 3. The minimum Gasteiger partial charge on any atom is -0.389 e. The Kier molecular flexibility index (Phi) is 4.07. The quantitative estimate of drug-likeness (QED) is 0.845. The Morgan fingerprint density at radius 2 is 2.17 bits per heavy atom. The number of ether oxygens (including phenoxy) is 1. The highest BCUT2D eigenvalue weighted by molar-refractivity contribution is 5.09. The standard InChI is InChI=1S/C14H24N2O2/c1-4-12(5-2)16-7-6-11(15-16)8-14(17)9-13(10-14)18-3/h6-7,12-13,17H,4-5,8-10H2,1-3H3. The fraction of sp³-hybridized carbons (Fsp3) is 0.786. The first-order chi connectivity index (χ1) is 8.60. The van der Waals surface area contributed by atoms with Crippen LogP contribution < -0.4 is 0 Å². The van der Waals surface area contributed by atoms with Gasteiger partial charge in [-0.15, -0.1) is 0 Å². The Morgan fingerprint density at radius 1 is 1.50 bits per heavy atom. The summed E-state index contributed by atoms with van der Waals surface area (Å²) in [6, 6.07) is 2.50. The first-order valence-electron chi connectivity index (χ1n) is 6.89. The second-order valence-corrected chi connectivity index (χ2v) is 5.42. The van der Waals surface area contributed by atoms with Crippen LogP contribution in [0.3, 0.4) is 0 Å². The molecule has 1 aliphatic carbocycles. The topological polar surface area (TPSA) is 47.3 Å². The molecule has 18 heavy (non-hydrogen) atoms. The van der Waals surface area contributed by atoms with Gasteiger partial charge in [0.2, 0.25) is 0 Å². The average Bonchev–Trinajstić information content (AvgIpc) is 2.75. The van der Waals surface area contributed by atoms with E-state index in [0.717, 1.165) is 31.4 Å². The van der Waals surface area contributed by atoms with Crippen molar-refractivity contribution >= 4 is 0 Å². The zero-order valence-corrected chi connectivity index (χ0v) is 11.6. The number of methoxy groups -OCH3 is 1. The van der Waals surface area contributed by atoms with Gasteiger partial charge in [0.1, 0.15) is 0 Å². The lowest BCUT2D eigenvalue weighted by molar-refractivity contribution is -0.126. The van der Waals surface area contributed by atoms with E-state index in [9.17, 15) is 5.11 Å². The van der Waals surface area contributed by atoms with Crippen molar-refractivity contribution in [2.24, 2.45) is 0 Å². The predicted octanol–water partition coefficient (Wildman–Crippen LogP) is 2.33. The molecule has 0 saturated heterocycles. The van der Waals surface area contributed by atoms with Gasteiger partial charge in [-0.2, -0.15) is 5.10 Å². The minimum absolute atomic E-state index is 0.219. The van der Waals surface area contributed by atoms with Crippen LogP contribution in [0.2, 0.25) is 0 Å². The van der Waals surface area contributed by atoms with Gasteiger partial charge < -0.3 is 9.84 Å². The van der Waals surface area contributed by atoms with Gasteiger partial charge in [0.15, 0.2) is 0 Å². The summed E-state index contributed by atoms with van der Waals surface area (Å²) in [7, 11) is 1.70. The third-order valence-electron chi connectivity index (χ3n) is 4.04. The van der Waals surface area contributed by atoms with Crippen LogP contribution in [0.15, 0.2) is 12.3 Å². The van der Waals surface area contributed by atoms with E-state index in [1.807, 2.05) is 16.9 Å². The third-order valence-corrected chi connectivity index (χ3v) is 4.04. The first-order valence-corrected chi connectivity index (χ1v) is 6.89. The van der Waals surface area contributed by atoms with Crippen LogP contribution in [0.1, 0.15) is 51.3 Å². The molecular formula is C14H24N2O2. The molecule has 1 N–H and O–H groups in total. The summed E-state index contributed by atoms with van der Waals surface area (Å²) in [5, 5.41) is 14.9. The van der Waals surface area contributed by atoms with E-state index in [1.165, 1.54) is 0 Å². The van der Waals surface area contributed by atoms with E-state index in [0.29, 0.717) is 12.5 Å². The largest absolute Gasteiger partial charge is 0.389 e. The molecule has 1 fully saturated rings. The van der Waals surface area contributed by atoms with Crippen molar-refractivity contribution in [1.29, 1.82) is 0 Å². The molecule has 0 aliphatic heterocycles. The lowest BCUT2D eigenvalue weighted by atomic mass is 9.74. The first kappa shape index (κ1) is 13.6. The Morgan fingerprint density at radius 3 is 2.72 bits per heavy atom. The molecule has 1 heterocycles. The molecule has 1 saturated carbocycles. The summed E-state index contributed by atoms with van der Waals surface area (Å²) in [6.45, 7) is 4.36. The number of nitrogens with zero attached hydrogens (tertiary/aromatic N) is 2. The van der Waals surface area contributed by atoms with E-state index >= 15 is 0 Å². The van der Waals surface area contributed by atoms with Crippen LogP contribution in [0.4, 0.5) is 0 Å². The van der Waals surface area contributed by atoms with Gasteiger partial charge in [0, 0.05) is 32.6 Å². The van der Waals surface area contributed by atoms with Crippen LogP contribution in [0.25, 0.3) is 0 Å². The molecule has 0 aromatic carbocycles. The molecule has 0 bridgehead atoms. The maximum absolute atomic E-state index is 10.3. The maximum Gasteiger partial charge on any atom is 0.0753 e. The summed E-state index contributed by atoms with van der Waals surface area (Å²) in [6.07, 6.45) is 6.52. The zero-order valence-electron chi connectivity index (χ0n) is 11.6. The van der Waals surface area contributed by atoms with E-state index in [2.05, 4.69) is 18.9 Å². The minimum atomic E-state index is -0.603. The van der Waals surface area contributed by atoms with Gasteiger partial charge in [0.05, 0.1) is 23.4 Å². The molecule has 0 radical (unpaired) electrons. The van der Waals surface area contributed by atoms with E-state index in [4.69, 9.17) is 4.74 Å². The van der Waals surface area contributed by atoms with Gasteiger partial charge in [0.25, 0.3) is 0 Å². The second-order valence-electron chi connectivity index (χ2n) is 5.42. The Bertz CT molecular complexity index is 379. The average molecular weight is 252 g/mol. The van der Waals surface area contributed by atoms with Crippen molar-refractivity contribution in [2.75, 3.05) is 7.11 Å². The monoisotopic (exact) mass is 252 g/mol. The highest BCUT2D eigenvalue weighted by Gasteiger charge is 2.43. The number of rotatable bonds is 6. The molecule has 1 aromatic heterocycles. The number of hydrogen-bond donors (Lipinski definition) is 1. The molecular weight excluding hydrogens is 228 g/mol. The number of aliphatic hydroxyl groups is 1. The SMILES string of the molecule is CCC(CC)n1ccc(CC2(O)CC(OC)C2)n1. The molecule has 0 spiro atoms. The van der Waals surface area contributed by atoms with Crippen LogP contribution in [-0.2, 0) is 11.2 Å². The molecule has 1 aromatic rings. The smallest absolute Gasteiger partial charge is 0.0753 e. The predicted molar refractivity (Wildman–Crippen MR) is 70.5 cm³/mol. The molecule has 1 aliphatic rings.